The largest absolute Gasteiger partial charge is 0.244 e. The van der Waals surface area contributed by atoms with Crippen LogP contribution in [0.4, 0.5) is 5.69 Å². The lowest BCUT2D eigenvalue weighted by Gasteiger charge is -2.09. The number of rotatable bonds is 4. The first kappa shape index (κ1) is 13.8. The third-order valence-corrected chi connectivity index (χ3v) is 5.36. The van der Waals surface area contributed by atoms with E-state index in [1.807, 2.05) is 68.4 Å². The van der Waals surface area contributed by atoms with Crippen molar-refractivity contribution < 1.29 is 4.21 Å². The smallest absolute Gasteiger partial charge is 0.0800 e. The summed E-state index contributed by atoms with van der Waals surface area (Å²) in [6.45, 7) is 4.07. The van der Waals surface area contributed by atoms with Gasteiger partial charge in [0.05, 0.1) is 15.4 Å². The monoisotopic (exact) mass is 273 g/mol. The molecule has 0 radical (unpaired) electrons. The second-order valence-electron chi connectivity index (χ2n) is 4.58. The summed E-state index contributed by atoms with van der Waals surface area (Å²) in [6, 6.07) is 17.4. The Kier molecular flexibility index (Phi) is 4.38. The zero-order valence-electron chi connectivity index (χ0n) is 11.4. The lowest BCUT2D eigenvalue weighted by molar-refractivity contribution is 0.675. The maximum atomic E-state index is 13.1. The second-order valence-corrected chi connectivity index (χ2v) is 6.93. The Labute approximate surface area is 115 Å². The summed E-state index contributed by atoms with van der Waals surface area (Å²) in [4.78, 5) is 0.817. The van der Waals surface area contributed by atoms with Crippen molar-refractivity contribution in [3.8, 4) is 0 Å². The fourth-order valence-corrected chi connectivity index (χ4v) is 3.93. The average molecular weight is 273 g/mol. The molecule has 0 aliphatic rings. The molecule has 0 amide bonds. The number of benzene rings is 2. The zero-order chi connectivity index (χ0) is 13.7. The van der Waals surface area contributed by atoms with E-state index in [-0.39, 0.29) is 0 Å². The van der Waals surface area contributed by atoms with Crippen molar-refractivity contribution in [3.05, 3.63) is 60.2 Å². The van der Waals surface area contributed by atoms with Crippen LogP contribution in [-0.4, -0.2) is 9.96 Å². The summed E-state index contributed by atoms with van der Waals surface area (Å²) in [7, 11) is -2.36. The fourth-order valence-electron chi connectivity index (χ4n) is 1.90. The average Bonchev–Trinajstić information content (AvgIpc) is 2.43. The van der Waals surface area contributed by atoms with E-state index in [0.29, 0.717) is 5.75 Å². The Morgan fingerprint density at radius 1 is 1.00 bits per heavy atom. The molecule has 0 heterocycles. The molecule has 0 saturated heterocycles. The van der Waals surface area contributed by atoms with Gasteiger partial charge >= 0.3 is 0 Å². The van der Waals surface area contributed by atoms with Gasteiger partial charge in [-0.1, -0.05) is 42.8 Å². The van der Waals surface area contributed by atoms with Gasteiger partial charge in [0.15, 0.2) is 0 Å². The normalized spacial score (nSPS) is 13.8. The van der Waals surface area contributed by atoms with Crippen molar-refractivity contribution in [2.24, 2.45) is 4.36 Å². The van der Waals surface area contributed by atoms with E-state index in [4.69, 9.17) is 0 Å². The first-order valence-corrected chi connectivity index (χ1v) is 8.19. The molecule has 0 aromatic heterocycles. The first-order chi connectivity index (χ1) is 9.14. The predicted octanol–water partition coefficient (Wildman–Crippen LogP) is 4.56. The molecule has 0 aliphatic carbocycles. The number of aryl methyl sites for hydroxylation is 1. The molecule has 2 rings (SSSR count). The molecule has 0 N–H and O–H groups in total. The summed E-state index contributed by atoms with van der Waals surface area (Å²) in [5, 5.41) is 0. The van der Waals surface area contributed by atoms with Gasteiger partial charge in [0.2, 0.25) is 0 Å². The van der Waals surface area contributed by atoms with Crippen LogP contribution in [0.15, 0.2) is 63.9 Å². The molecule has 0 fully saturated rings. The van der Waals surface area contributed by atoms with Crippen molar-refractivity contribution in [1.29, 1.82) is 0 Å². The second kappa shape index (κ2) is 6.02. The first-order valence-electron chi connectivity index (χ1n) is 6.50. The Morgan fingerprint density at radius 3 is 2.21 bits per heavy atom. The molecule has 100 valence electrons. The third-order valence-electron chi connectivity index (χ3n) is 2.88. The van der Waals surface area contributed by atoms with Crippen LogP contribution in [0.1, 0.15) is 18.9 Å². The van der Waals surface area contributed by atoms with Gasteiger partial charge in [-0.05, 0) is 37.6 Å². The highest BCUT2D eigenvalue weighted by molar-refractivity contribution is 7.93. The molecule has 0 saturated carbocycles. The maximum Gasteiger partial charge on any atom is 0.0800 e. The Hall–Kier alpha value is -1.61. The summed E-state index contributed by atoms with van der Waals surface area (Å²) >= 11 is 0. The SMILES string of the molecule is CCCS(=O)(=Nc1ccc(C)cc1)c1ccccc1. The molecule has 2 nitrogen and oxygen atoms in total. The predicted molar refractivity (Wildman–Crippen MR) is 81.3 cm³/mol. The van der Waals surface area contributed by atoms with Crippen LogP contribution in [0.2, 0.25) is 0 Å². The summed E-state index contributed by atoms with van der Waals surface area (Å²) in [5.41, 5.74) is 1.97. The van der Waals surface area contributed by atoms with Gasteiger partial charge < -0.3 is 0 Å². The highest BCUT2D eigenvalue weighted by Gasteiger charge is 2.11. The van der Waals surface area contributed by atoms with Gasteiger partial charge in [0.25, 0.3) is 0 Å². The Bertz CT molecular complexity index is 638. The lowest BCUT2D eigenvalue weighted by Crippen LogP contribution is -2.05. The molecule has 3 heteroatoms. The van der Waals surface area contributed by atoms with Crippen LogP contribution in [0.25, 0.3) is 0 Å². The lowest BCUT2D eigenvalue weighted by atomic mass is 10.2. The molecule has 1 atom stereocenters. The standard InChI is InChI=1S/C16H19NOS/c1-3-13-19(18,16-7-5-4-6-8-16)17-15-11-9-14(2)10-12-15/h4-12H,3,13H2,1-2H3. The van der Waals surface area contributed by atoms with Crippen LogP contribution >= 0.6 is 0 Å². The molecule has 0 spiro atoms. The van der Waals surface area contributed by atoms with E-state index in [9.17, 15) is 4.21 Å². The van der Waals surface area contributed by atoms with Crippen molar-refractivity contribution in [1.82, 2.24) is 0 Å². The summed E-state index contributed by atoms with van der Waals surface area (Å²) in [5.74, 6) is 0.588. The molecule has 0 aliphatic heterocycles. The minimum absolute atomic E-state index is 0.588. The van der Waals surface area contributed by atoms with E-state index < -0.39 is 9.73 Å². The van der Waals surface area contributed by atoms with Gasteiger partial charge in [0, 0.05) is 10.6 Å². The van der Waals surface area contributed by atoms with Crippen molar-refractivity contribution >= 4 is 15.4 Å². The molecule has 2 aromatic rings. The van der Waals surface area contributed by atoms with Crippen molar-refractivity contribution in [2.45, 2.75) is 25.2 Å². The van der Waals surface area contributed by atoms with Crippen LogP contribution < -0.4 is 0 Å². The molecule has 0 bridgehead atoms. The highest BCUT2D eigenvalue weighted by Crippen LogP contribution is 2.22. The van der Waals surface area contributed by atoms with Gasteiger partial charge in [-0.3, -0.25) is 0 Å². The van der Waals surface area contributed by atoms with E-state index in [0.717, 1.165) is 17.0 Å². The van der Waals surface area contributed by atoms with E-state index in [2.05, 4.69) is 4.36 Å². The zero-order valence-corrected chi connectivity index (χ0v) is 12.2. The van der Waals surface area contributed by atoms with Crippen LogP contribution in [-0.2, 0) is 9.73 Å². The van der Waals surface area contributed by atoms with Crippen molar-refractivity contribution in [3.63, 3.8) is 0 Å². The molecule has 19 heavy (non-hydrogen) atoms. The summed E-state index contributed by atoms with van der Waals surface area (Å²) in [6.07, 6.45) is 0.850. The quantitative estimate of drug-likeness (QED) is 0.802. The maximum absolute atomic E-state index is 13.1. The van der Waals surface area contributed by atoms with Crippen LogP contribution in [0, 0.1) is 6.92 Å². The Morgan fingerprint density at radius 2 is 1.63 bits per heavy atom. The summed E-state index contributed by atoms with van der Waals surface area (Å²) < 4.78 is 17.6. The van der Waals surface area contributed by atoms with Gasteiger partial charge in [-0.2, -0.15) is 4.36 Å². The van der Waals surface area contributed by atoms with E-state index >= 15 is 0 Å². The van der Waals surface area contributed by atoms with Crippen molar-refractivity contribution in [2.75, 3.05) is 5.75 Å². The van der Waals surface area contributed by atoms with Gasteiger partial charge in [-0.25, -0.2) is 4.21 Å². The molecular weight excluding hydrogens is 254 g/mol. The molecule has 2 aromatic carbocycles. The van der Waals surface area contributed by atoms with Crippen LogP contribution in [0.5, 0.6) is 0 Å². The van der Waals surface area contributed by atoms with Crippen LogP contribution in [0.3, 0.4) is 0 Å². The topological polar surface area (TPSA) is 29.4 Å². The fraction of sp³-hybridized carbons (Fsp3) is 0.250. The number of hydrogen-bond donors (Lipinski definition) is 0. The molecular formula is C16H19NOS. The van der Waals surface area contributed by atoms with Gasteiger partial charge in [-0.15, -0.1) is 0 Å². The minimum Gasteiger partial charge on any atom is -0.244 e. The third kappa shape index (κ3) is 3.44. The number of nitrogens with zero attached hydrogens (tertiary/aromatic N) is 1. The van der Waals surface area contributed by atoms with E-state index in [1.165, 1.54) is 5.56 Å². The van der Waals surface area contributed by atoms with E-state index in [1.54, 1.807) is 0 Å². The minimum atomic E-state index is -2.36. The molecule has 1 unspecified atom stereocenters. The highest BCUT2D eigenvalue weighted by atomic mass is 32.2. The van der Waals surface area contributed by atoms with Gasteiger partial charge in [0.1, 0.15) is 0 Å². The Balaban J connectivity index is 2.51. The number of hydrogen-bond acceptors (Lipinski definition) is 2.